The van der Waals surface area contributed by atoms with Crippen molar-refractivity contribution < 1.29 is 9.50 Å². The first-order valence-corrected chi connectivity index (χ1v) is 12.4. The SMILES string of the molecule is CC(C)c1ccc(-c2ccc(N(CCF)CC[C@H](C)c3cccc(N(C)CC[OH2+])c3)cc2)cc1. The van der Waals surface area contributed by atoms with Crippen LogP contribution in [0.1, 0.15) is 50.2 Å². The van der Waals surface area contributed by atoms with E-state index >= 15 is 0 Å². The van der Waals surface area contributed by atoms with Crippen LogP contribution < -0.4 is 9.80 Å². The number of anilines is 2. The Labute approximate surface area is 204 Å². The number of hydrogen-bond donors (Lipinski definition) is 0. The van der Waals surface area contributed by atoms with Gasteiger partial charge in [0.25, 0.3) is 0 Å². The minimum absolute atomic E-state index is 0.361. The third-order valence-corrected chi connectivity index (χ3v) is 6.66. The molecule has 34 heavy (non-hydrogen) atoms. The third-order valence-electron chi connectivity index (χ3n) is 6.66. The van der Waals surface area contributed by atoms with Crippen LogP contribution in [0.15, 0.2) is 72.8 Å². The Hall–Kier alpha value is -2.85. The number of likely N-dealkylation sites (N-methyl/N-ethyl adjacent to an activating group) is 1. The molecule has 1 atom stereocenters. The van der Waals surface area contributed by atoms with Gasteiger partial charge in [-0.25, -0.2) is 4.39 Å². The molecule has 0 aliphatic heterocycles. The van der Waals surface area contributed by atoms with E-state index in [4.69, 9.17) is 5.11 Å². The van der Waals surface area contributed by atoms with Crippen molar-refractivity contribution in [2.45, 2.75) is 39.0 Å². The minimum Gasteiger partial charge on any atom is -0.444 e. The molecule has 0 saturated carbocycles. The van der Waals surface area contributed by atoms with Crippen LogP contribution in [-0.2, 0) is 0 Å². The van der Waals surface area contributed by atoms with E-state index in [1.165, 1.54) is 22.3 Å². The van der Waals surface area contributed by atoms with Crippen molar-refractivity contribution in [3.05, 3.63) is 83.9 Å². The van der Waals surface area contributed by atoms with E-state index < -0.39 is 0 Å². The normalized spacial score (nSPS) is 12.1. The molecule has 0 fully saturated rings. The van der Waals surface area contributed by atoms with Crippen LogP contribution in [-0.4, -0.2) is 45.1 Å². The summed E-state index contributed by atoms with van der Waals surface area (Å²) in [5.74, 6) is 0.893. The standard InChI is InChI=1S/C30H39FN2O/c1-23(2)25-8-10-26(11-9-25)27-12-14-29(15-13-27)33(19-17-31)18-16-24(3)28-6-5-7-30(22-28)32(4)20-21-34/h5-15,22-24,34H,16-21H2,1-4H3/p+1/t24-/m0/s1. The summed E-state index contributed by atoms with van der Waals surface area (Å²) in [5, 5.41) is 7.46. The van der Waals surface area contributed by atoms with Gasteiger partial charge in [0.15, 0.2) is 6.61 Å². The van der Waals surface area contributed by atoms with Crippen LogP contribution in [0, 0.1) is 0 Å². The number of benzene rings is 3. The van der Waals surface area contributed by atoms with Crippen molar-refractivity contribution in [1.82, 2.24) is 0 Å². The number of rotatable bonds is 12. The summed E-state index contributed by atoms with van der Waals surface area (Å²) < 4.78 is 13.4. The van der Waals surface area contributed by atoms with Gasteiger partial charge >= 0.3 is 0 Å². The smallest absolute Gasteiger partial charge is 0.161 e. The Morgan fingerprint density at radius 3 is 2.00 bits per heavy atom. The van der Waals surface area contributed by atoms with Crippen molar-refractivity contribution in [1.29, 1.82) is 0 Å². The second kappa shape index (κ2) is 12.6. The fourth-order valence-electron chi connectivity index (χ4n) is 4.28. The first-order chi connectivity index (χ1) is 16.4. The molecular formula is C30H40FN2O+. The van der Waals surface area contributed by atoms with Crippen molar-refractivity contribution in [3.8, 4) is 11.1 Å². The molecule has 0 heterocycles. The highest BCUT2D eigenvalue weighted by Gasteiger charge is 2.13. The molecule has 0 aliphatic carbocycles. The molecular weight excluding hydrogens is 423 g/mol. The molecule has 0 saturated heterocycles. The van der Waals surface area contributed by atoms with Gasteiger partial charge in [-0.05, 0) is 64.8 Å². The second-order valence-electron chi connectivity index (χ2n) is 9.46. The molecule has 0 spiro atoms. The van der Waals surface area contributed by atoms with Crippen LogP contribution in [0.4, 0.5) is 15.8 Å². The van der Waals surface area contributed by atoms with Gasteiger partial charge in [-0.15, -0.1) is 0 Å². The number of halogens is 1. The quantitative estimate of drug-likeness (QED) is 0.283. The van der Waals surface area contributed by atoms with Gasteiger partial charge in [0.1, 0.15) is 6.67 Å². The highest BCUT2D eigenvalue weighted by atomic mass is 19.1. The summed E-state index contributed by atoms with van der Waals surface area (Å²) in [6.07, 6.45) is 0.948. The fourth-order valence-corrected chi connectivity index (χ4v) is 4.28. The first kappa shape index (κ1) is 25.8. The highest BCUT2D eigenvalue weighted by molar-refractivity contribution is 5.66. The van der Waals surface area contributed by atoms with Gasteiger partial charge in [-0.2, -0.15) is 0 Å². The van der Waals surface area contributed by atoms with Gasteiger partial charge in [0.2, 0.25) is 0 Å². The molecule has 3 nitrogen and oxygen atoms in total. The molecule has 4 heteroatoms. The predicted octanol–water partition coefficient (Wildman–Crippen LogP) is 6.61. The molecule has 0 aliphatic rings. The van der Waals surface area contributed by atoms with Crippen molar-refractivity contribution in [3.63, 3.8) is 0 Å². The zero-order valence-corrected chi connectivity index (χ0v) is 21.1. The lowest BCUT2D eigenvalue weighted by atomic mass is 9.96. The van der Waals surface area contributed by atoms with Gasteiger partial charge in [-0.3, -0.25) is 0 Å². The maximum atomic E-state index is 13.4. The van der Waals surface area contributed by atoms with Gasteiger partial charge < -0.3 is 14.9 Å². The third kappa shape index (κ3) is 6.83. The number of alkyl halides is 1. The number of hydrogen-bond acceptors (Lipinski definition) is 2. The molecule has 3 aromatic carbocycles. The van der Waals surface area contributed by atoms with E-state index in [-0.39, 0.29) is 6.67 Å². The van der Waals surface area contributed by atoms with E-state index in [2.05, 4.69) is 103 Å². The predicted molar refractivity (Wildman–Crippen MR) is 145 cm³/mol. The van der Waals surface area contributed by atoms with Crippen LogP contribution in [0.25, 0.3) is 11.1 Å². The van der Waals surface area contributed by atoms with Crippen LogP contribution in [0.5, 0.6) is 0 Å². The molecule has 0 unspecified atom stereocenters. The molecule has 0 amide bonds. The summed E-state index contributed by atoms with van der Waals surface area (Å²) in [6, 6.07) is 25.8. The van der Waals surface area contributed by atoms with Crippen molar-refractivity contribution >= 4 is 11.4 Å². The Bertz CT molecular complexity index is 1000. The minimum atomic E-state index is -0.361. The molecule has 0 bridgehead atoms. The second-order valence-corrected chi connectivity index (χ2v) is 9.46. The summed E-state index contributed by atoms with van der Waals surface area (Å²) in [6.45, 7) is 8.61. The maximum Gasteiger partial charge on any atom is 0.161 e. The summed E-state index contributed by atoms with van der Waals surface area (Å²) in [5.41, 5.74) is 7.23. The molecule has 182 valence electrons. The highest BCUT2D eigenvalue weighted by Crippen LogP contribution is 2.28. The Kier molecular flexibility index (Phi) is 9.52. The van der Waals surface area contributed by atoms with Gasteiger partial charge in [-0.1, -0.05) is 69.3 Å². The number of nitrogens with zero attached hydrogens (tertiary/aromatic N) is 2. The molecule has 3 aromatic rings. The van der Waals surface area contributed by atoms with E-state index in [0.717, 1.165) is 30.9 Å². The summed E-state index contributed by atoms with van der Waals surface area (Å²) in [4.78, 5) is 4.27. The van der Waals surface area contributed by atoms with Crippen LogP contribution >= 0.6 is 0 Å². The topological polar surface area (TPSA) is 29.4 Å². The fraction of sp³-hybridized carbons (Fsp3) is 0.400. The lowest BCUT2D eigenvalue weighted by Crippen LogP contribution is -2.27. The van der Waals surface area contributed by atoms with E-state index in [1.54, 1.807) is 0 Å². The average Bonchev–Trinajstić information content (AvgIpc) is 2.86. The average molecular weight is 464 g/mol. The molecule has 0 aromatic heterocycles. The zero-order chi connectivity index (χ0) is 24.5. The Morgan fingerprint density at radius 1 is 0.765 bits per heavy atom. The van der Waals surface area contributed by atoms with Gasteiger partial charge in [0, 0.05) is 31.5 Å². The summed E-state index contributed by atoms with van der Waals surface area (Å²) >= 11 is 0. The van der Waals surface area contributed by atoms with Gasteiger partial charge in [0.05, 0.1) is 6.54 Å². The first-order valence-electron chi connectivity index (χ1n) is 12.4. The summed E-state index contributed by atoms with van der Waals surface area (Å²) in [7, 11) is 2.03. The van der Waals surface area contributed by atoms with E-state index in [9.17, 15) is 4.39 Å². The lowest BCUT2D eigenvalue weighted by Gasteiger charge is -2.26. The Balaban J connectivity index is 1.66. The monoisotopic (exact) mass is 463 g/mol. The van der Waals surface area contributed by atoms with E-state index in [0.29, 0.717) is 25.0 Å². The molecule has 0 radical (unpaired) electrons. The zero-order valence-electron chi connectivity index (χ0n) is 21.1. The largest absolute Gasteiger partial charge is 0.444 e. The van der Waals surface area contributed by atoms with Crippen molar-refractivity contribution in [2.24, 2.45) is 0 Å². The molecule has 3 rings (SSSR count). The molecule has 2 N–H and O–H groups in total. The van der Waals surface area contributed by atoms with Crippen molar-refractivity contribution in [2.75, 3.05) is 49.8 Å². The van der Waals surface area contributed by atoms with E-state index in [1.807, 2.05) is 7.05 Å². The van der Waals surface area contributed by atoms with Crippen LogP contribution in [0.3, 0.4) is 0 Å². The Morgan fingerprint density at radius 2 is 1.41 bits per heavy atom. The van der Waals surface area contributed by atoms with Crippen LogP contribution in [0.2, 0.25) is 0 Å². The lowest BCUT2D eigenvalue weighted by molar-refractivity contribution is 0.304. The maximum absolute atomic E-state index is 13.4.